The first-order valence-electron chi connectivity index (χ1n) is 19.2. The Morgan fingerprint density at radius 3 is 2.43 bits per heavy atom. The van der Waals surface area contributed by atoms with E-state index in [1.54, 1.807) is 21.3 Å². The van der Waals surface area contributed by atoms with Crippen LogP contribution in [0.2, 0.25) is 0 Å². The van der Waals surface area contributed by atoms with Crippen molar-refractivity contribution in [2.75, 3.05) is 41.0 Å². The van der Waals surface area contributed by atoms with Crippen molar-refractivity contribution in [2.45, 2.75) is 121 Å². The minimum Gasteiger partial charge on any atom is -0.493 e. The molecule has 2 aromatic rings. The summed E-state index contributed by atoms with van der Waals surface area (Å²) in [5.41, 5.74) is 3.04. The SMILES string of the molecule is COCCCN(C[C@]1(O)CC[C@H]2c3ccc(cc3C(=O)C3CCCCC3)C[C@@H](O)CCC(C)=CCC[C@@]21C)C(=O)Cc1ccc(OC)c(OC)c1. The summed E-state index contributed by atoms with van der Waals surface area (Å²) in [5.74, 6) is 1.27. The third-order valence-electron chi connectivity index (χ3n) is 12.3. The van der Waals surface area contributed by atoms with E-state index in [9.17, 15) is 19.8 Å². The van der Waals surface area contributed by atoms with E-state index in [1.807, 2.05) is 23.1 Å². The molecule has 51 heavy (non-hydrogen) atoms. The Morgan fingerprint density at radius 1 is 0.941 bits per heavy atom. The molecular formula is C43H61NO7. The van der Waals surface area contributed by atoms with Crippen LogP contribution >= 0.6 is 0 Å². The maximum absolute atomic E-state index is 14.4. The fourth-order valence-electron chi connectivity index (χ4n) is 9.08. The second kappa shape index (κ2) is 17.5. The van der Waals surface area contributed by atoms with Crippen LogP contribution < -0.4 is 9.47 Å². The van der Waals surface area contributed by atoms with Crippen molar-refractivity contribution in [1.82, 2.24) is 4.90 Å². The number of allylic oxidation sites excluding steroid dienone is 2. The van der Waals surface area contributed by atoms with Gasteiger partial charge in [0.1, 0.15) is 0 Å². The van der Waals surface area contributed by atoms with Crippen molar-refractivity contribution in [3.63, 3.8) is 0 Å². The zero-order valence-electron chi connectivity index (χ0n) is 31.7. The van der Waals surface area contributed by atoms with Gasteiger partial charge in [0.05, 0.1) is 32.3 Å². The van der Waals surface area contributed by atoms with Gasteiger partial charge in [0, 0.05) is 43.7 Å². The zero-order valence-corrected chi connectivity index (χ0v) is 31.7. The monoisotopic (exact) mass is 703 g/mol. The lowest BCUT2D eigenvalue weighted by atomic mass is 9.64. The van der Waals surface area contributed by atoms with Gasteiger partial charge in [-0.1, -0.05) is 56.0 Å². The maximum Gasteiger partial charge on any atom is 0.227 e. The number of aliphatic hydroxyl groups excluding tert-OH is 1. The first kappa shape index (κ1) is 39.0. The second-order valence-corrected chi connectivity index (χ2v) is 15.7. The predicted molar refractivity (Wildman–Crippen MR) is 201 cm³/mol. The predicted octanol–water partition coefficient (Wildman–Crippen LogP) is 7.61. The Hall–Kier alpha value is -3.20. The number of rotatable bonds is 12. The number of fused-ring (bicyclic) bond motifs is 8. The van der Waals surface area contributed by atoms with Crippen LogP contribution in [0.4, 0.5) is 0 Å². The van der Waals surface area contributed by atoms with Crippen molar-refractivity contribution in [3.8, 4) is 11.5 Å². The summed E-state index contributed by atoms with van der Waals surface area (Å²) >= 11 is 0. The van der Waals surface area contributed by atoms with Crippen LogP contribution in [-0.2, 0) is 22.4 Å². The van der Waals surface area contributed by atoms with Crippen LogP contribution in [0.3, 0.4) is 0 Å². The largest absolute Gasteiger partial charge is 0.493 e. The van der Waals surface area contributed by atoms with Crippen LogP contribution in [0, 0.1) is 11.3 Å². The number of aliphatic hydroxyl groups is 2. The fraction of sp³-hybridized carbons (Fsp3) is 0.628. The Balaban J connectivity index is 1.52. The van der Waals surface area contributed by atoms with E-state index in [0.717, 1.165) is 67.2 Å². The fourth-order valence-corrected chi connectivity index (χ4v) is 9.08. The molecule has 4 atom stereocenters. The quantitative estimate of drug-likeness (QED) is 0.133. The van der Waals surface area contributed by atoms with Crippen molar-refractivity contribution >= 4 is 11.7 Å². The molecule has 8 heteroatoms. The van der Waals surface area contributed by atoms with Gasteiger partial charge in [0.2, 0.25) is 5.91 Å². The molecule has 0 heterocycles. The third-order valence-corrected chi connectivity index (χ3v) is 12.3. The van der Waals surface area contributed by atoms with Gasteiger partial charge in [-0.3, -0.25) is 9.59 Å². The molecule has 280 valence electrons. The number of amides is 1. The molecule has 4 aliphatic rings. The van der Waals surface area contributed by atoms with Crippen LogP contribution in [0.5, 0.6) is 11.5 Å². The second-order valence-electron chi connectivity index (χ2n) is 15.7. The molecule has 0 radical (unpaired) electrons. The van der Waals surface area contributed by atoms with E-state index in [1.165, 1.54) is 12.0 Å². The van der Waals surface area contributed by atoms with Gasteiger partial charge in [-0.15, -0.1) is 0 Å². The lowest BCUT2D eigenvalue weighted by Crippen LogP contribution is -2.54. The van der Waals surface area contributed by atoms with Crippen molar-refractivity contribution in [3.05, 3.63) is 70.3 Å². The molecule has 0 unspecified atom stereocenters. The molecule has 0 aliphatic heterocycles. The first-order chi connectivity index (χ1) is 24.5. The smallest absolute Gasteiger partial charge is 0.227 e. The molecule has 0 aromatic heterocycles. The lowest BCUT2D eigenvalue weighted by Gasteiger charge is -2.46. The topological polar surface area (TPSA) is 106 Å². The summed E-state index contributed by atoms with van der Waals surface area (Å²) in [6.07, 6.45) is 12.5. The Morgan fingerprint density at radius 2 is 1.71 bits per heavy atom. The molecule has 2 N–H and O–H groups in total. The highest BCUT2D eigenvalue weighted by atomic mass is 16.5. The Kier molecular flexibility index (Phi) is 13.4. The van der Waals surface area contributed by atoms with Gasteiger partial charge >= 0.3 is 0 Å². The van der Waals surface area contributed by atoms with Crippen molar-refractivity contribution in [2.24, 2.45) is 11.3 Å². The average Bonchev–Trinajstić information content (AvgIpc) is 3.38. The van der Waals surface area contributed by atoms with E-state index in [2.05, 4.69) is 38.1 Å². The molecule has 2 bridgehead atoms. The number of carbonyl (C=O) groups is 2. The molecular weight excluding hydrogens is 642 g/mol. The van der Waals surface area contributed by atoms with Crippen LogP contribution in [-0.4, -0.2) is 79.5 Å². The highest BCUT2D eigenvalue weighted by Gasteiger charge is 2.57. The summed E-state index contributed by atoms with van der Waals surface area (Å²) in [4.78, 5) is 30.4. The molecule has 4 aliphatic carbocycles. The van der Waals surface area contributed by atoms with E-state index in [0.29, 0.717) is 56.8 Å². The van der Waals surface area contributed by atoms with Crippen LogP contribution in [0.1, 0.15) is 124 Å². The minimum absolute atomic E-state index is 0.0131. The van der Waals surface area contributed by atoms with Crippen LogP contribution in [0.25, 0.3) is 0 Å². The van der Waals surface area contributed by atoms with Gasteiger partial charge in [0.25, 0.3) is 0 Å². The van der Waals surface area contributed by atoms with Gasteiger partial charge < -0.3 is 29.3 Å². The van der Waals surface area contributed by atoms with E-state index in [-0.39, 0.29) is 36.5 Å². The zero-order chi connectivity index (χ0) is 36.6. The Labute approximate surface area is 305 Å². The third kappa shape index (κ3) is 9.06. The molecule has 8 nitrogen and oxygen atoms in total. The molecule has 2 aromatic carbocycles. The number of Topliss-reactive ketones (excluding diaryl/α,β-unsaturated/α-hetero) is 1. The highest BCUT2D eigenvalue weighted by Crippen LogP contribution is 2.59. The normalized spacial score (nSPS) is 25.8. The molecule has 0 saturated heterocycles. The summed E-state index contributed by atoms with van der Waals surface area (Å²) in [6, 6.07) is 11.8. The van der Waals surface area contributed by atoms with Gasteiger partial charge in [-0.05, 0) is 112 Å². The number of hydrogen-bond donors (Lipinski definition) is 2. The number of carbonyl (C=O) groups excluding carboxylic acids is 2. The molecule has 0 spiro atoms. The lowest BCUT2D eigenvalue weighted by molar-refractivity contribution is -0.139. The van der Waals surface area contributed by atoms with Crippen molar-refractivity contribution < 1.29 is 34.0 Å². The molecule has 6 rings (SSSR count). The number of benzene rings is 2. The first-order valence-corrected chi connectivity index (χ1v) is 19.2. The minimum atomic E-state index is -1.18. The number of hydrogen-bond acceptors (Lipinski definition) is 7. The van der Waals surface area contributed by atoms with Gasteiger partial charge in [-0.2, -0.15) is 0 Å². The maximum atomic E-state index is 14.4. The summed E-state index contributed by atoms with van der Waals surface area (Å²) in [5, 5.41) is 23.9. The van der Waals surface area contributed by atoms with E-state index < -0.39 is 17.1 Å². The standard InChI is InChI=1S/C43H61NO7/c1-30-11-9-21-42(2)37(35-18-15-31(25-34(45)17-14-30)26-36(35)41(47)33-12-7-6-8-13-33)20-22-43(42,48)29-44(23-10-24-49-3)40(46)28-32-16-19-38(50-4)39(27-32)51-5/h11,15-16,18-19,26-27,33-34,37,45,48H,6-10,12-14,17,20-25,28-29H2,1-5H3/t34-,37-,42-,43+/m0/s1. The van der Waals surface area contributed by atoms with E-state index >= 15 is 0 Å². The number of ketones is 1. The summed E-state index contributed by atoms with van der Waals surface area (Å²) in [7, 11) is 4.84. The number of ether oxygens (including phenoxy) is 3. The highest BCUT2D eigenvalue weighted by molar-refractivity contribution is 5.99. The summed E-state index contributed by atoms with van der Waals surface area (Å²) in [6.45, 7) is 5.49. The molecule has 2 saturated carbocycles. The number of methoxy groups -OCH3 is 3. The Bertz CT molecular complexity index is 1530. The van der Waals surface area contributed by atoms with E-state index in [4.69, 9.17) is 14.2 Å². The van der Waals surface area contributed by atoms with Crippen LogP contribution in [0.15, 0.2) is 48.0 Å². The van der Waals surface area contributed by atoms with Gasteiger partial charge in [0.15, 0.2) is 17.3 Å². The molecule has 2 fully saturated rings. The number of nitrogens with zero attached hydrogens (tertiary/aromatic N) is 1. The van der Waals surface area contributed by atoms with Gasteiger partial charge in [-0.25, -0.2) is 0 Å². The molecule has 1 amide bonds. The summed E-state index contributed by atoms with van der Waals surface area (Å²) < 4.78 is 16.3. The van der Waals surface area contributed by atoms with Crippen molar-refractivity contribution in [1.29, 1.82) is 0 Å². The average molecular weight is 704 g/mol.